The third-order valence-electron chi connectivity index (χ3n) is 1.33. The first-order chi connectivity index (χ1) is 5.00. The molecule has 6 heteroatoms. The molecule has 0 bridgehead atoms. The zero-order chi connectivity index (χ0) is 9.02. The molecule has 4 unspecified atom stereocenters. The fraction of sp³-hybridized carbons (Fsp3) is 0.833. The van der Waals surface area contributed by atoms with E-state index in [1.54, 1.807) is 0 Å². The number of hydrogen-bond donors (Lipinski definition) is 5. The van der Waals surface area contributed by atoms with Crippen molar-refractivity contribution < 1.29 is 25.2 Å². The molecule has 0 aliphatic heterocycles. The van der Waals surface area contributed by atoms with Gasteiger partial charge in [-0.25, -0.2) is 0 Å². The molecule has 0 spiro atoms. The van der Waals surface area contributed by atoms with Crippen LogP contribution in [0.2, 0.25) is 0 Å². The van der Waals surface area contributed by atoms with Crippen LogP contribution in [0.1, 0.15) is 6.92 Å². The maximum Gasteiger partial charge on any atom is 0.151 e. The molecule has 0 aromatic carbocycles. The SMILES string of the molecule is CC(O)C(O)C(O)C(O)C=O.N. The van der Waals surface area contributed by atoms with Crippen LogP contribution >= 0.6 is 0 Å². The van der Waals surface area contributed by atoms with Crippen LogP contribution in [-0.4, -0.2) is 51.1 Å². The summed E-state index contributed by atoms with van der Waals surface area (Å²) in [5.74, 6) is 0. The predicted molar refractivity (Wildman–Crippen MR) is 40.8 cm³/mol. The van der Waals surface area contributed by atoms with Gasteiger partial charge in [0, 0.05) is 0 Å². The van der Waals surface area contributed by atoms with E-state index in [1.165, 1.54) is 6.92 Å². The average molecular weight is 181 g/mol. The molecule has 0 fully saturated rings. The molecular formula is C6H15NO5. The second kappa shape index (κ2) is 6.04. The maximum absolute atomic E-state index is 9.87. The lowest BCUT2D eigenvalue weighted by atomic mass is 10.1. The second-order valence-electron chi connectivity index (χ2n) is 2.35. The monoisotopic (exact) mass is 181 g/mol. The Kier molecular flexibility index (Phi) is 7.05. The fourth-order valence-electron chi connectivity index (χ4n) is 0.568. The molecule has 7 N–H and O–H groups in total. The number of carbonyl (C=O) groups excluding carboxylic acids is 1. The Hall–Kier alpha value is -0.530. The van der Waals surface area contributed by atoms with E-state index in [0.29, 0.717) is 0 Å². The molecule has 0 aromatic heterocycles. The molecule has 12 heavy (non-hydrogen) atoms. The van der Waals surface area contributed by atoms with Gasteiger partial charge >= 0.3 is 0 Å². The van der Waals surface area contributed by atoms with Gasteiger partial charge in [0.05, 0.1) is 6.10 Å². The Morgan fingerprint density at radius 1 is 1.08 bits per heavy atom. The first kappa shape index (κ1) is 14.0. The minimum Gasteiger partial charge on any atom is -0.391 e. The predicted octanol–water partition coefficient (Wildman–Crippen LogP) is -2.19. The molecule has 0 heterocycles. The summed E-state index contributed by atoms with van der Waals surface area (Å²) in [6.07, 6.45) is -5.88. The van der Waals surface area contributed by atoms with E-state index in [9.17, 15) is 4.79 Å². The number of hydrogen-bond acceptors (Lipinski definition) is 6. The zero-order valence-electron chi connectivity index (χ0n) is 6.79. The van der Waals surface area contributed by atoms with Crippen LogP contribution in [0, 0.1) is 0 Å². The number of aliphatic hydroxyl groups is 4. The Morgan fingerprint density at radius 2 is 1.50 bits per heavy atom. The minimum absolute atomic E-state index is 0. The van der Waals surface area contributed by atoms with E-state index in [4.69, 9.17) is 20.4 Å². The summed E-state index contributed by atoms with van der Waals surface area (Å²) in [4.78, 5) is 9.87. The van der Waals surface area contributed by atoms with E-state index in [2.05, 4.69) is 0 Å². The molecule has 0 aromatic rings. The van der Waals surface area contributed by atoms with Gasteiger partial charge in [-0.15, -0.1) is 0 Å². The van der Waals surface area contributed by atoms with Crippen molar-refractivity contribution in [3.63, 3.8) is 0 Å². The van der Waals surface area contributed by atoms with Gasteiger partial charge in [-0.3, -0.25) is 0 Å². The summed E-state index contributed by atoms with van der Waals surface area (Å²) in [7, 11) is 0. The standard InChI is InChI=1S/C6H12O5.H3N/c1-3(8)5(10)6(11)4(9)2-7;/h2-6,8-11H,1H3;1H3. The highest BCUT2D eigenvalue weighted by Crippen LogP contribution is 2.02. The van der Waals surface area contributed by atoms with Crippen molar-refractivity contribution in [2.75, 3.05) is 0 Å². The molecule has 74 valence electrons. The highest BCUT2D eigenvalue weighted by Gasteiger charge is 2.27. The molecule has 0 radical (unpaired) electrons. The molecule has 0 rings (SSSR count). The van der Waals surface area contributed by atoms with Crippen LogP contribution in [-0.2, 0) is 4.79 Å². The van der Waals surface area contributed by atoms with Crippen molar-refractivity contribution >= 4 is 6.29 Å². The third-order valence-corrected chi connectivity index (χ3v) is 1.33. The van der Waals surface area contributed by atoms with Crippen molar-refractivity contribution in [1.82, 2.24) is 6.15 Å². The summed E-state index contributed by atoms with van der Waals surface area (Å²) < 4.78 is 0. The molecule has 0 amide bonds. The normalized spacial score (nSPS) is 20.1. The topological polar surface area (TPSA) is 133 Å². The largest absolute Gasteiger partial charge is 0.391 e. The highest BCUT2D eigenvalue weighted by molar-refractivity contribution is 5.56. The number of rotatable bonds is 4. The van der Waals surface area contributed by atoms with Gasteiger partial charge in [-0.2, -0.15) is 0 Å². The Bertz CT molecular complexity index is 129. The van der Waals surface area contributed by atoms with Crippen molar-refractivity contribution in [2.24, 2.45) is 0 Å². The highest BCUT2D eigenvalue weighted by atomic mass is 16.4. The van der Waals surface area contributed by atoms with Crippen LogP contribution < -0.4 is 6.15 Å². The summed E-state index contributed by atoms with van der Waals surface area (Å²) in [5, 5.41) is 35.1. The van der Waals surface area contributed by atoms with Gasteiger partial charge in [0.2, 0.25) is 0 Å². The van der Waals surface area contributed by atoms with Gasteiger partial charge in [-0.05, 0) is 6.92 Å². The summed E-state index contributed by atoms with van der Waals surface area (Å²) in [6.45, 7) is 1.24. The van der Waals surface area contributed by atoms with Gasteiger partial charge < -0.3 is 31.4 Å². The smallest absolute Gasteiger partial charge is 0.151 e. The van der Waals surface area contributed by atoms with Crippen LogP contribution in [0.5, 0.6) is 0 Å². The first-order valence-corrected chi connectivity index (χ1v) is 3.18. The van der Waals surface area contributed by atoms with Crippen LogP contribution in [0.4, 0.5) is 0 Å². The molecule has 0 saturated heterocycles. The van der Waals surface area contributed by atoms with E-state index in [0.717, 1.165) is 0 Å². The third kappa shape index (κ3) is 3.74. The van der Waals surface area contributed by atoms with Crippen molar-refractivity contribution in [3.05, 3.63) is 0 Å². The zero-order valence-corrected chi connectivity index (χ0v) is 6.79. The fourth-order valence-corrected chi connectivity index (χ4v) is 0.568. The van der Waals surface area contributed by atoms with Gasteiger partial charge in [0.15, 0.2) is 6.29 Å². The van der Waals surface area contributed by atoms with Crippen LogP contribution in [0.3, 0.4) is 0 Å². The van der Waals surface area contributed by atoms with E-state index in [1.807, 2.05) is 0 Å². The van der Waals surface area contributed by atoms with Crippen molar-refractivity contribution in [2.45, 2.75) is 31.3 Å². The van der Waals surface area contributed by atoms with Gasteiger partial charge in [0.1, 0.15) is 18.3 Å². The van der Waals surface area contributed by atoms with Gasteiger partial charge in [-0.1, -0.05) is 0 Å². The number of aldehydes is 1. The molecule has 6 nitrogen and oxygen atoms in total. The minimum atomic E-state index is -1.65. The summed E-state index contributed by atoms with van der Waals surface area (Å²) in [5.41, 5.74) is 0. The molecule has 4 atom stereocenters. The van der Waals surface area contributed by atoms with Crippen molar-refractivity contribution in [1.29, 1.82) is 0 Å². The molecular weight excluding hydrogens is 166 g/mol. The van der Waals surface area contributed by atoms with E-state index >= 15 is 0 Å². The second-order valence-corrected chi connectivity index (χ2v) is 2.35. The summed E-state index contributed by atoms with van der Waals surface area (Å²) in [6, 6.07) is 0. The Morgan fingerprint density at radius 3 is 1.75 bits per heavy atom. The lowest BCUT2D eigenvalue weighted by Crippen LogP contribution is -2.43. The number of carbonyl (C=O) groups is 1. The van der Waals surface area contributed by atoms with Crippen molar-refractivity contribution in [3.8, 4) is 0 Å². The molecule has 0 saturated carbocycles. The Labute approximate surface area is 70.0 Å². The lowest BCUT2D eigenvalue weighted by molar-refractivity contribution is -0.132. The Balaban J connectivity index is 0. The summed E-state index contributed by atoms with van der Waals surface area (Å²) >= 11 is 0. The number of aliphatic hydroxyl groups excluding tert-OH is 4. The first-order valence-electron chi connectivity index (χ1n) is 3.18. The quantitative estimate of drug-likeness (QED) is 0.313. The van der Waals surface area contributed by atoms with E-state index < -0.39 is 24.4 Å². The van der Waals surface area contributed by atoms with Gasteiger partial charge in [0.25, 0.3) is 0 Å². The van der Waals surface area contributed by atoms with Crippen LogP contribution in [0.15, 0.2) is 0 Å². The molecule has 0 aliphatic rings. The molecule has 0 aliphatic carbocycles. The lowest BCUT2D eigenvalue weighted by Gasteiger charge is -2.21. The average Bonchev–Trinajstić information content (AvgIpc) is 2.00. The van der Waals surface area contributed by atoms with Crippen LogP contribution in [0.25, 0.3) is 0 Å². The van der Waals surface area contributed by atoms with E-state index in [-0.39, 0.29) is 12.4 Å². The maximum atomic E-state index is 9.87.